The average molecular weight is 413 g/mol. The van der Waals surface area contributed by atoms with Crippen molar-refractivity contribution in [3.63, 3.8) is 0 Å². The summed E-state index contributed by atoms with van der Waals surface area (Å²) in [7, 11) is 0. The lowest BCUT2D eigenvalue weighted by atomic mass is 9.95. The van der Waals surface area contributed by atoms with E-state index in [1.807, 2.05) is 62.4 Å². The molecule has 160 valence electrons. The van der Waals surface area contributed by atoms with Crippen molar-refractivity contribution in [2.75, 3.05) is 6.61 Å². The molecule has 6 unspecified atom stereocenters. The van der Waals surface area contributed by atoms with Crippen LogP contribution in [0.1, 0.15) is 29.9 Å². The highest BCUT2D eigenvalue weighted by atomic mass is 16.7. The molecule has 0 radical (unpaired) electrons. The maximum absolute atomic E-state index is 11.8. The summed E-state index contributed by atoms with van der Waals surface area (Å²) in [5, 5.41) is 13.9. The molecule has 2 aliphatic rings. The molecule has 30 heavy (non-hydrogen) atoms. The third kappa shape index (κ3) is 4.34. The number of carbonyl (C=O) groups excluding carboxylic acids is 1. The van der Waals surface area contributed by atoms with Crippen LogP contribution in [0.2, 0.25) is 0 Å². The van der Waals surface area contributed by atoms with E-state index in [0.717, 1.165) is 16.7 Å². The largest absolute Gasteiger partial charge is 0.462 e. The van der Waals surface area contributed by atoms with E-state index >= 15 is 0 Å². The van der Waals surface area contributed by atoms with Crippen LogP contribution in [0.4, 0.5) is 0 Å². The minimum Gasteiger partial charge on any atom is -0.462 e. The van der Waals surface area contributed by atoms with Crippen molar-refractivity contribution in [1.82, 2.24) is 5.32 Å². The smallest absolute Gasteiger partial charge is 0.223 e. The van der Waals surface area contributed by atoms with E-state index in [2.05, 4.69) is 5.32 Å². The molecule has 7 heteroatoms. The maximum Gasteiger partial charge on any atom is 0.223 e. The van der Waals surface area contributed by atoms with Crippen LogP contribution in [0.15, 0.2) is 48.5 Å². The summed E-state index contributed by atoms with van der Waals surface area (Å²) in [6.07, 6.45) is -3.72. The number of benzene rings is 2. The summed E-state index contributed by atoms with van der Waals surface area (Å²) in [6.45, 7) is 5.53. The van der Waals surface area contributed by atoms with Gasteiger partial charge in [-0.1, -0.05) is 42.5 Å². The first kappa shape index (κ1) is 20.8. The Kier molecular flexibility index (Phi) is 6.06. The third-order valence-electron chi connectivity index (χ3n) is 5.39. The first-order valence-corrected chi connectivity index (χ1v) is 10.1. The predicted octanol–water partition coefficient (Wildman–Crippen LogP) is 2.39. The van der Waals surface area contributed by atoms with E-state index in [4.69, 9.17) is 18.9 Å². The van der Waals surface area contributed by atoms with Crippen LogP contribution in [0.25, 0.3) is 0 Å². The van der Waals surface area contributed by atoms with Gasteiger partial charge >= 0.3 is 0 Å². The summed E-state index contributed by atoms with van der Waals surface area (Å²) in [4.78, 5) is 11.8. The molecule has 2 aromatic rings. The first-order chi connectivity index (χ1) is 14.4. The molecular formula is C23H27NO6. The number of hydrogen-bond donors (Lipinski definition) is 2. The molecule has 0 aliphatic carbocycles. The van der Waals surface area contributed by atoms with Crippen LogP contribution in [-0.4, -0.2) is 48.3 Å². The van der Waals surface area contributed by atoms with E-state index in [1.165, 1.54) is 6.92 Å². The zero-order valence-electron chi connectivity index (χ0n) is 17.3. The lowest BCUT2D eigenvalue weighted by Crippen LogP contribution is -2.67. The predicted molar refractivity (Wildman–Crippen MR) is 109 cm³/mol. The molecule has 0 spiro atoms. The summed E-state index contributed by atoms with van der Waals surface area (Å²) in [6, 6.07) is 14.6. The minimum atomic E-state index is -1.03. The Balaban J connectivity index is 1.56. The average Bonchev–Trinajstić information content (AvgIpc) is 2.74. The van der Waals surface area contributed by atoms with Gasteiger partial charge in [-0.15, -0.1) is 0 Å². The van der Waals surface area contributed by atoms with Gasteiger partial charge in [-0.3, -0.25) is 4.79 Å². The number of nitrogens with one attached hydrogen (secondary N) is 1. The van der Waals surface area contributed by atoms with Crippen molar-refractivity contribution in [2.24, 2.45) is 0 Å². The fraction of sp³-hybridized carbons (Fsp3) is 0.435. The lowest BCUT2D eigenvalue weighted by molar-refractivity contribution is -0.333. The fourth-order valence-corrected chi connectivity index (χ4v) is 3.82. The quantitative estimate of drug-likeness (QED) is 0.801. The molecule has 0 saturated carbocycles. The van der Waals surface area contributed by atoms with Gasteiger partial charge in [0.25, 0.3) is 0 Å². The number of amides is 1. The van der Waals surface area contributed by atoms with Crippen molar-refractivity contribution in [2.45, 2.75) is 57.7 Å². The third-order valence-corrected chi connectivity index (χ3v) is 5.39. The van der Waals surface area contributed by atoms with Gasteiger partial charge in [0.1, 0.15) is 30.1 Å². The zero-order valence-corrected chi connectivity index (χ0v) is 17.3. The highest BCUT2D eigenvalue weighted by molar-refractivity contribution is 5.73. The van der Waals surface area contributed by atoms with Gasteiger partial charge in [0, 0.05) is 12.5 Å². The van der Waals surface area contributed by atoms with Crippen LogP contribution in [0, 0.1) is 13.8 Å². The topological polar surface area (TPSA) is 86.3 Å². The minimum absolute atomic E-state index is 0.237. The molecule has 2 N–H and O–H groups in total. The fourth-order valence-electron chi connectivity index (χ4n) is 3.82. The second kappa shape index (κ2) is 8.73. The van der Waals surface area contributed by atoms with Crippen molar-refractivity contribution < 1.29 is 28.8 Å². The first-order valence-electron chi connectivity index (χ1n) is 10.1. The number of aryl methyl sites for hydroxylation is 2. The molecule has 2 heterocycles. The second-order valence-electron chi connectivity index (χ2n) is 7.82. The Morgan fingerprint density at radius 3 is 2.63 bits per heavy atom. The molecule has 6 atom stereocenters. The number of hydrogen-bond acceptors (Lipinski definition) is 6. The standard InChI is InChI=1S/C23H27NO6/c1-13-9-10-14(2)17(11-13)28-23-19(24-15(3)25)20(26)21-18(29-23)12-27-22(30-21)16-7-5-4-6-8-16/h4-11,18-23,26H,12H2,1-3H3,(H,24,25). The zero-order chi connectivity index (χ0) is 21.3. The Morgan fingerprint density at radius 2 is 1.90 bits per heavy atom. The number of rotatable bonds is 4. The number of aliphatic hydroxyl groups is 1. The Morgan fingerprint density at radius 1 is 1.13 bits per heavy atom. The molecule has 4 rings (SSSR count). The molecule has 2 aromatic carbocycles. The van der Waals surface area contributed by atoms with Gasteiger partial charge < -0.3 is 29.4 Å². The van der Waals surface area contributed by atoms with Crippen LogP contribution in [-0.2, 0) is 19.0 Å². The molecule has 7 nitrogen and oxygen atoms in total. The Labute approximate surface area is 175 Å². The molecule has 1 amide bonds. The summed E-state index contributed by atoms with van der Waals surface area (Å²) in [5.74, 6) is 0.350. The summed E-state index contributed by atoms with van der Waals surface area (Å²) >= 11 is 0. The molecule has 0 aromatic heterocycles. The van der Waals surface area contributed by atoms with Crippen LogP contribution >= 0.6 is 0 Å². The number of aliphatic hydroxyl groups excluding tert-OH is 1. The van der Waals surface area contributed by atoms with Crippen molar-refractivity contribution in [3.05, 3.63) is 65.2 Å². The van der Waals surface area contributed by atoms with E-state index in [0.29, 0.717) is 5.75 Å². The van der Waals surface area contributed by atoms with Crippen molar-refractivity contribution >= 4 is 5.91 Å². The molecular weight excluding hydrogens is 386 g/mol. The molecule has 0 bridgehead atoms. The van der Waals surface area contributed by atoms with E-state index in [9.17, 15) is 9.90 Å². The summed E-state index contributed by atoms with van der Waals surface area (Å²) < 4.78 is 24.1. The van der Waals surface area contributed by atoms with E-state index < -0.39 is 36.9 Å². The van der Waals surface area contributed by atoms with E-state index in [-0.39, 0.29) is 12.5 Å². The molecule has 2 aliphatic heterocycles. The van der Waals surface area contributed by atoms with Gasteiger partial charge in [-0.05, 0) is 31.0 Å². The maximum atomic E-state index is 11.8. The van der Waals surface area contributed by atoms with Gasteiger partial charge in [0.05, 0.1) is 6.61 Å². The molecule has 2 saturated heterocycles. The Bertz CT molecular complexity index is 889. The second-order valence-corrected chi connectivity index (χ2v) is 7.82. The lowest BCUT2D eigenvalue weighted by Gasteiger charge is -2.47. The van der Waals surface area contributed by atoms with Crippen molar-refractivity contribution in [3.8, 4) is 5.75 Å². The van der Waals surface area contributed by atoms with E-state index in [1.54, 1.807) is 0 Å². The molecule has 2 fully saturated rings. The van der Waals surface area contributed by atoms with Gasteiger partial charge in [-0.2, -0.15) is 0 Å². The normalized spacial score (nSPS) is 30.9. The summed E-state index contributed by atoms with van der Waals surface area (Å²) in [5.41, 5.74) is 2.83. The highest BCUT2D eigenvalue weighted by Gasteiger charge is 2.50. The number of ether oxygens (including phenoxy) is 4. The monoisotopic (exact) mass is 413 g/mol. The van der Waals surface area contributed by atoms with Gasteiger partial charge in [0.2, 0.25) is 12.2 Å². The van der Waals surface area contributed by atoms with Crippen LogP contribution < -0.4 is 10.1 Å². The SMILES string of the molecule is CC(=O)NC1C(Oc2cc(C)ccc2C)OC2COC(c3ccccc3)OC2C1O. The van der Waals surface area contributed by atoms with Crippen LogP contribution in [0.5, 0.6) is 5.75 Å². The number of fused-ring (bicyclic) bond motifs is 1. The van der Waals surface area contributed by atoms with Gasteiger partial charge in [0.15, 0.2) is 6.29 Å². The van der Waals surface area contributed by atoms with Crippen molar-refractivity contribution in [1.29, 1.82) is 0 Å². The number of carbonyl (C=O) groups is 1. The van der Waals surface area contributed by atoms with Gasteiger partial charge in [-0.25, -0.2) is 0 Å². The highest BCUT2D eigenvalue weighted by Crippen LogP contribution is 2.35. The van der Waals surface area contributed by atoms with Crippen LogP contribution in [0.3, 0.4) is 0 Å². The Hall–Kier alpha value is -2.45.